The normalized spacial score (nSPS) is 18.9. The summed E-state index contributed by atoms with van der Waals surface area (Å²) in [5.41, 5.74) is 8.01. The first kappa shape index (κ1) is 15.8. The first-order valence-electron chi connectivity index (χ1n) is 7.57. The molecule has 0 bridgehead atoms. The summed E-state index contributed by atoms with van der Waals surface area (Å²) in [4.78, 5) is 4.28. The van der Waals surface area contributed by atoms with E-state index in [9.17, 15) is 0 Å². The molecule has 1 aliphatic rings. The third-order valence-electron chi connectivity index (χ3n) is 3.38. The minimum Gasteiger partial charge on any atom is -0.379 e. The largest absolute Gasteiger partial charge is 0.379 e. The highest BCUT2D eigenvalue weighted by molar-refractivity contribution is 5.92. The molecule has 116 valence electrons. The third-order valence-corrected chi connectivity index (χ3v) is 3.38. The van der Waals surface area contributed by atoms with Crippen LogP contribution >= 0.6 is 0 Å². The maximum Gasteiger partial charge on any atom is 0.193 e. The van der Waals surface area contributed by atoms with Gasteiger partial charge in [-0.3, -0.25) is 4.99 Å². The van der Waals surface area contributed by atoms with Crippen LogP contribution in [0.15, 0.2) is 29.3 Å². The van der Waals surface area contributed by atoms with Crippen molar-refractivity contribution < 1.29 is 9.47 Å². The van der Waals surface area contributed by atoms with Gasteiger partial charge in [-0.2, -0.15) is 0 Å². The number of ether oxygens (including phenoxy) is 2. The molecule has 1 unspecified atom stereocenters. The van der Waals surface area contributed by atoms with E-state index in [-0.39, 0.29) is 0 Å². The maximum atomic E-state index is 5.84. The number of guanidine groups is 1. The number of benzene rings is 1. The molecule has 1 atom stereocenters. The molecule has 0 spiro atoms. The van der Waals surface area contributed by atoms with E-state index in [1.54, 1.807) is 0 Å². The average Bonchev–Trinajstić information content (AvgIpc) is 2.98. The molecule has 5 heteroatoms. The van der Waals surface area contributed by atoms with Crippen molar-refractivity contribution in [1.29, 1.82) is 0 Å². The summed E-state index contributed by atoms with van der Waals surface area (Å²) in [6, 6.07) is 8.05. The Labute approximate surface area is 126 Å². The molecule has 1 aliphatic heterocycles. The lowest BCUT2D eigenvalue weighted by molar-refractivity contribution is 0.0171. The van der Waals surface area contributed by atoms with E-state index in [1.807, 2.05) is 24.3 Å². The third kappa shape index (κ3) is 6.14. The van der Waals surface area contributed by atoms with Crippen molar-refractivity contribution in [3.8, 4) is 0 Å². The summed E-state index contributed by atoms with van der Waals surface area (Å²) in [5.74, 6) is 0.443. The predicted octanol–water partition coefficient (Wildman–Crippen LogP) is 2.31. The molecule has 21 heavy (non-hydrogen) atoms. The van der Waals surface area contributed by atoms with Gasteiger partial charge in [-0.15, -0.1) is 0 Å². The molecule has 5 nitrogen and oxygen atoms in total. The lowest BCUT2D eigenvalue weighted by Crippen LogP contribution is -2.23. The summed E-state index contributed by atoms with van der Waals surface area (Å²) >= 11 is 0. The summed E-state index contributed by atoms with van der Waals surface area (Å²) < 4.78 is 11.1. The highest BCUT2D eigenvalue weighted by Crippen LogP contribution is 2.12. The molecule has 0 amide bonds. The van der Waals surface area contributed by atoms with Crippen molar-refractivity contribution in [2.45, 2.75) is 32.3 Å². The lowest BCUT2D eigenvalue weighted by atomic mass is 10.2. The van der Waals surface area contributed by atoms with Gasteiger partial charge in [-0.1, -0.05) is 17.7 Å². The van der Waals surface area contributed by atoms with Crippen molar-refractivity contribution >= 4 is 11.6 Å². The standard InChI is InChI=1S/C16H25N3O2/c1-13-5-7-14(8-6-13)19-16(17)18-9-3-10-20-12-15-4-2-11-21-15/h5-8,15H,2-4,9-12H2,1H3,(H3,17,18,19). The average molecular weight is 291 g/mol. The molecule has 2 rings (SSSR count). The van der Waals surface area contributed by atoms with Crippen molar-refractivity contribution in [2.24, 2.45) is 10.7 Å². The van der Waals surface area contributed by atoms with Crippen LogP contribution in [0.3, 0.4) is 0 Å². The second-order valence-electron chi connectivity index (χ2n) is 5.32. The number of hydrogen-bond donors (Lipinski definition) is 2. The molecular formula is C16H25N3O2. The molecule has 1 heterocycles. The van der Waals surface area contributed by atoms with Gasteiger partial charge in [-0.05, 0) is 38.3 Å². The van der Waals surface area contributed by atoms with Crippen molar-refractivity contribution in [1.82, 2.24) is 0 Å². The van der Waals surface area contributed by atoms with Gasteiger partial charge in [0.25, 0.3) is 0 Å². The van der Waals surface area contributed by atoms with Gasteiger partial charge >= 0.3 is 0 Å². The van der Waals surface area contributed by atoms with Crippen LogP contribution in [0, 0.1) is 6.92 Å². The Kier molecular flexibility index (Phi) is 6.50. The Morgan fingerprint density at radius 3 is 2.95 bits per heavy atom. The van der Waals surface area contributed by atoms with Gasteiger partial charge in [0, 0.05) is 25.4 Å². The zero-order chi connectivity index (χ0) is 14.9. The molecule has 1 fully saturated rings. The molecule has 3 N–H and O–H groups in total. The molecule has 0 aromatic heterocycles. The topological polar surface area (TPSA) is 68.9 Å². The van der Waals surface area contributed by atoms with E-state index >= 15 is 0 Å². The van der Waals surface area contributed by atoms with Gasteiger partial charge in [0.1, 0.15) is 0 Å². The Balaban J connectivity index is 1.56. The molecule has 1 aromatic carbocycles. The number of aliphatic imine (C=N–C) groups is 1. The molecule has 1 saturated heterocycles. The minimum absolute atomic E-state index is 0.293. The van der Waals surface area contributed by atoms with Gasteiger partial charge in [0.05, 0.1) is 12.7 Å². The van der Waals surface area contributed by atoms with Crippen molar-refractivity contribution in [3.63, 3.8) is 0 Å². The van der Waals surface area contributed by atoms with Crippen LogP contribution in [0.25, 0.3) is 0 Å². The Bertz CT molecular complexity index is 439. The van der Waals surface area contributed by atoms with Crippen LogP contribution in [-0.2, 0) is 9.47 Å². The highest BCUT2D eigenvalue weighted by atomic mass is 16.5. The van der Waals surface area contributed by atoms with Crippen LogP contribution in [0.1, 0.15) is 24.8 Å². The number of nitrogens with zero attached hydrogens (tertiary/aromatic N) is 1. The monoisotopic (exact) mass is 291 g/mol. The Morgan fingerprint density at radius 2 is 2.24 bits per heavy atom. The van der Waals surface area contributed by atoms with E-state index in [0.29, 0.717) is 31.8 Å². The first-order chi connectivity index (χ1) is 10.2. The van der Waals surface area contributed by atoms with Crippen LogP contribution < -0.4 is 11.1 Å². The Morgan fingerprint density at radius 1 is 1.43 bits per heavy atom. The maximum absolute atomic E-state index is 5.84. The number of rotatable bonds is 7. The van der Waals surface area contributed by atoms with E-state index in [0.717, 1.165) is 31.6 Å². The minimum atomic E-state index is 0.293. The fourth-order valence-corrected chi connectivity index (χ4v) is 2.18. The number of hydrogen-bond acceptors (Lipinski definition) is 3. The molecule has 1 aromatic rings. The van der Waals surface area contributed by atoms with Gasteiger partial charge in [0.2, 0.25) is 0 Å². The number of nitrogens with two attached hydrogens (primary N) is 1. The smallest absolute Gasteiger partial charge is 0.193 e. The fourth-order valence-electron chi connectivity index (χ4n) is 2.18. The molecule has 0 aliphatic carbocycles. The van der Waals surface area contributed by atoms with Crippen LogP contribution in [0.4, 0.5) is 5.69 Å². The predicted molar refractivity (Wildman–Crippen MR) is 85.7 cm³/mol. The molecule has 0 saturated carbocycles. The van der Waals surface area contributed by atoms with Crippen LogP contribution in [0.2, 0.25) is 0 Å². The SMILES string of the molecule is Cc1ccc(NC(N)=NCCCOCC2CCCO2)cc1. The zero-order valence-electron chi connectivity index (χ0n) is 12.7. The van der Waals surface area contributed by atoms with E-state index in [1.165, 1.54) is 5.56 Å². The van der Waals surface area contributed by atoms with Crippen molar-refractivity contribution in [3.05, 3.63) is 29.8 Å². The lowest BCUT2D eigenvalue weighted by Gasteiger charge is -2.09. The van der Waals surface area contributed by atoms with E-state index in [2.05, 4.69) is 17.2 Å². The molecule has 0 radical (unpaired) electrons. The Hall–Kier alpha value is -1.59. The summed E-state index contributed by atoms with van der Waals surface area (Å²) in [7, 11) is 0. The highest BCUT2D eigenvalue weighted by Gasteiger charge is 2.14. The number of anilines is 1. The molecular weight excluding hydrogens is 266 g/mol. The van der Waals surface area contributed by atoms with Crippen LogP contribution in [-0.4, -0.2) is 38.4 Å². The van der Waals surface area contributed by atoms with Gasteiger partial charge in [-0.25, -0.2) is 0 Å². The van der Waals surface area contributed by atoms with Gasteiger partial charge in [0.15, 0.2) is 5.96 Å². The summed E-state index contributed by atoms with van der Waals surface area (Å²) in [6.45, 7) is 4.98. The number of nitrogens with one attached hydrogen (secondary N) is 1. The van der Waals surface area contributed by atoms with Crippen molar-refractivity contribution in [2.75, 3.05) is 31.7 Å². The van der Waals surface area contributed by atoms with E-state index in [4.69, 9.17) is 15.2 Å². The fraction of sp³-hybridized carbons (Fsp3) is 0.562. The quantitative estimate of drug-likeness (QED) is 0.459. The second kappa shape index (κ2) is 8.64. The van der Waals surface area contributed by atoms with Gasteiger partial charge < -0.3 is 20.5 Å². The first-order valence-corrected chi connectivity index (χ1v) is 7.57. The summed E-state index contributed by atoms with van der Waals surface area (Å²) in [5, 5.41) is 3.07. The zero-order valence-corrected chi connectivity index (χ0v) is 12.7. The second-order valence-corrected chi connectivity index (χ2v) is 5.32. The van der Waals surface area contributed by atoms with Crippen LogP contribution in [0.5, 0.6) is 0 Å². The number of aryl methyl sites for hydroxylation is 1. The summed E-state index contributed by atoms with van der Waals surface area (Å²) in [6.07, 6.45) is 3.43. The van der Waals surface area contributed by atoms with E-state index < -0.39 is 0 Å².